The molecular formula is C24H29FN6O. The van der Waals surface area contributed by atoms with Gasteiger partial charge in [0.2, 0.25) is 5.91 Å². The van der Waals surface area contributed by atoms with Crippen molar-refractivity contribution >= 4 is 17.4 Å². The van der Waals surface area contributed by atoms with Crippen molar-refractivity contribution in [2.45, 2.75) is 52.6 Å². The number of halogens is 1. The number of amides is 1. The molecule has 0 unspecified atom stereocenters. The molecule has 0 N–H and O–H groups in total. The van der Waals surface area contributed by atoms with E-state index >= 15 is 0 Å². The molecule has 1 atom stereocenters. The minimum absolute atomic E-state index is 0. The number of nitrogens with zero attached hydrogens (tertiary/aromatic N) is 6. The molecule has 0 radical (unpaired) electrons. The second-order valence-electron chi connectivity index (χ2n) is 8.32. The minimum Gasteiger partial charge on any atom is -0.343 e. The zero-order chi connectivity index (χ0) is 21.5. The first-order valence-corrected chi connectivity index (χ1v) is 10.7. The molecule has 32 heavy (non-hydrogen) atoms. The molecule has 7 nitrogen and oxygen atoms in total. The van der Waals surface area contributed by atoms with Gasteiger partial charge < -0.3 is 9.80 Å². The zero-order valence-electron chi connectivity index (χ0n) is 17.8. The molecule has 1 amide bonds. The van der Waals surface area contributed by atoms with Crippen molar-refractivity contribution in [2.75, 3.05) is 23.4 Å². The number of likely N-dealkylation sites (N-methyl/N-ethyl adjacent to an activating group) is 1. The van der Waals surface area contributed by atoms with E-state index in [2.05, 4.69) is 15.0 Å². The van der Waals surface area contributed by atoms with E-state index in [1.54, 1.807) is 17.0 Å². The van der Waals surface area contributed by atoms with Crippen LogP contribution in [0.1, 0.15) is 42.9 Å². The molecule has 1 aromatic carbocycles. The van der Waals surface area contributed by atoms with Crippen LogP contribution in [0.25, 0.3) is 0 Å². The Hall–Kier alpha value is -3.29. The highest BCUT2D eigenvalue weighted by Crippen LogP contribution is 2.39. The van der Waals surface area contributed by atoms with Gasteiger partial charge in [-0.3, -0.25) is 9.48 Å². The third-order valence-corrected chi connectivity index (χ3v) is 6.14. The zero-order valence-corrected chi connectivity index (χ0v) is 17.8. The highest BCUT2D eigenvalue weighted by molar-refractivity contribution is 6.05. The summed E-state index contributed by atoms with van der Waals surface area (Å²) in [5.41, 5.74) is 3.78. The molecule has 5 rings (SSSR count). The van der Waals surface area contributed by atoms with Crippen LogP contribution in [0, 0.1) is 12.7 Å². The number of benzene rings is 1. The molecule has 8 heteroatoms. The number of hydrogen-bond acceptors (Lipinski definition) is 5. The fourth-order valence-corrected chi connectivity index (χ4v) is 4.58. The van der Waals surface area contributed by atoms with Gasteiger partial charge in [0.1, 0.15) is 23.4 Å². The number of aryl methyl sites for hydroxylation is 3. The summed E-state index contributed by atoms with van der Waals surface area (Å²) in [5, 5.41) is 4.43. The molecule has 0 saturated carbocycles. The molecule has 3 aromatic rings. The molecule has 2 aliphatic rings. The average Bonchev–Trinajstić information content (AvgIpc) is 3.42. The number of aromatic nitrogens is 4. The van der Waals surface area contributed by atoms with Gasteiger partial charge in [0.05, 0.1) is 18.4 Å². The normalized spacial score (nSPS) is 17.2. The summed E-state index contributed by atoms with van der Waals surface area (Å²) in [6.07, 6.45) is 7.24. The molecule has 1 fully saturated rings. The number of carbonyl (C=O) groups excluding carboxylic acids is 1. The van der Waals surface area contributed by atoms with Crippen LogP contribution in [0.2, 0.25) is 0 Å². The molecule has 0 bridgehead atoms. The first kappa shape index (κ1) is 21.9. The highest BCUT2D eigenvalue weighted by atomic mass is 19.1. The number of fused-ring (bicyclic) bond motifs is 3. The van der Waals surface area contributed by atoms with Gasteiger partial charge in [-0.25, -0.2) is 14.4 Å². The van der Waals surface area contributed by atoms with Crippen molar-refractivity contribution in [3.05, 3.63) is 65.1 Å². The van der Waals surface area contributed by atoms with Gasteiger partial charge in [-0.2, -0.15) is 5.10 Å². The number of hydrogen-bond donors (Lipinski definition) is 0. The van der Waals surface area contributed by atoms with Gasteiger partial charge in [-0.1, -0.05) is 19.6 Å². The van der Waals surface area contributed by atoms with Gasteiger partial charge in [0, 0.05) is 26.2 Å². The predicted molar refractivity (Wildman–Crippen MR) is 122 cm³/mol. The second kappa shape index (κ2) is 8.68. The average molecular weight is 437 g/mol. The van der Waals surface area contributed by atoms with Gasteiger partial charge in [0.25, 0.3) is 0 Å². The van der Waals surface area contributed by atoms with E-state index in [0.29, 0.717) is 13.0 Å². The van der Waals surface area contributed by atoms with Crippen LogP contribution in [-0.4, -0.2) is 45.3 Å². The smallest absolute Gasteiger partial charge is 0.249 e. The molecule has 0 spiro atoms. The molecule has 1 saturated heterocycles. The Bertz CT molecular complexity index is 1130. The third kappa shape index (κ3) is 3.97. The number of carbonyl (C=O) groups is 1. The lowest BCUT2D eigenvalue weighted by atomic mass is 10.1. The Morgan fingerprint density at radius 1 is 1.12 bits per heavy atom. The quantitative estimate of drug-likeness (QED) is 0.612. The van der Waals surface area contributed by atoms with E-state index in [1.807, 2.05) is 31.0 Å². The molecule has 2 aliphatic heterocycles. The fraction of sp³-hybridized carbons (Fsp3) is 0.417. The summed E-state index contributed by atoms with van der Waals surface area (Å²) in [6, 6.07) is 6.38. The van der Waals surface area contributed by atoms with Crippen LogP contribution < -0.4 is 9.80 Å². The van der Waals surface area contributed by atoms with Gasteiger partial charge in [0.15, 0.2) is 5.82 Å². The van der Waals surface area contributed by atoms with Crippen molar-refractivity contribution in [1.82, 2.24) is 19.7 Å². The summed E-state index contributed by atoms with van der Waals surface area (Å²) in [5.74, 6) is 1.58. The predicted octanol–water partition coefficient (Wildman–Crippen LogP) is 3.54. The summed E-state index contributed by atoms with van der Waals surface area (Å²) < 4.78 is 14.9. The van der Waals surface area contributed by atoms with Crippen molar-refractivity contribution in [3.8, 4) is 0 Å². The Labute approximate surface area is 187 Å². The molecule has 168 valence electrons. The maximum absolute atomic E-state index is 13.1. The first-order chi connectivity index (χ1) is 15.0. The van der Waals surface area contributed by atoms with Crippen LogP contribution in [0.15, 0.2) is 36.7 Å². The van der Waals surface area contributed by atoms with Crippen LogP contribution in [0.4, 0.5) is 15.9 Å². The van der Waals surface area contributed by atoms with E-state index in [4.69, 9.17) is 4.98 Å². The topological polar surface area (TPSA) is 67.2 Å². The molecule has 4 heterocycles. The summed E-state index contributed by atoms with van der Waals surface area (Å²) in [4.78, 5) is 26.1. The Morgan fingerprint density at radius 2 is 1.91 bits per heavy atom. The lowest BCUT2D eigenvalue weighted by Crippen LogP contribution is -2.50. The van der Waals surface area contributed by atoms with Gasteiger partial charge >= 0.3 is 0 Å². The monoisotopic (exact) mass is 436 g/mol. The van der Waals surface area contributed by atoms with Crippen molar-refractivity contribution in [2.24, 2.45) is 0 Å². The maximum Gasteiger partial charge on any atom is 0.249 e. The van der Waals surface area contributed by atoms with Gasteiger partial charge in [-0.05, 0) is 49.4 Å². The van der Waals surface area contributed by atoms with Crippen LogP contribution >= 0.6 is 0 Å². The summed E-state index contributed by atoms with van der Waals surface area (Å²) >= 11 is 0. The Balaban J connectivity index is 0.00000245. The molecule has 2 aromatic heterocycles. The lowest BCUT2D eigenvalue weighted by Gasteiger charge is -2.37. The minimum atomic E-state index is -0.235. The van der Waals surface area contributed by atoms with Crippen LogP contribution in [0.5, 0.6) is 0 Å². The first-order valence-electron chi connectivity index (χ1n) is 10.7. The Morgan fingerprint density at radius 3 is 2.69 bits per heavy atom. The standard InChI is InChI=1S/C23H25FN6O.CH4/c1-15-21-22(30-11-3-4-19(30)23(31)28(21)2)27-20(26-15)10-7-17-12-25-29(14-17)13-16-5-8-18(24)9-6-16;/h5-6,8-9,12,14,19H,3-4,7,10-11,13H2,1-2H3;1H4/t19-;/m0./s1. The second-order valence-corrected chi connectivity index (χ2v) is 8.32. The largest absolute Gasteiger partial charge is 0.343 e. The van der Waals surface area contributed by atoms with Crippen LogP contribution in [0.3, 0.4) is 0 Å². The van der Waals surface area contributed by atoms with E-state index in [0.717, 1.165) is 60.0 Å². The Kier molecular flexibility index (Phi) is 5.95. The van der Waals surface area contributed by atoms with Crippen molar-refractivity contribution in [1.29, 1.82) is 0 Å². The maximum atomic E-state index is 13.1. The SMILES string of the molecule is C.Cc1nc(CCc2cnn(Cc3ccc(F)cc3)c2)nc2c1N(C)C(=O)[C@@H]1CCCN21. The summed E-state index contributed by atoms with van der Waals surface area (Å²) in [6.45, 7) is 3.42. The van der Waals surface area contributed by atoms with Crippen molar-refractivity contribution < 1.29 is 9.18 Å². The fourth-order valence-electron chi connectivity index (χ4n) is 4.58. The van der Waals surface area contributed by atoms with Gasteiger partial charge in [-0.15, -0.1) is 0 Å². The summed E-state index contributed by atoms with van der Waals surface area (Å²) in [7, 11) is 1.82. The van der Waals surface area contributed by atoms with E-state index in [1.165, 1.54) is 12.1 Å². The lowest BCUT2D eigenvalue weighted by molar-refractivity contribution is -0.119. The number of rotatable bonds is 5. The number of anilines is 2. The third-order valence-electron chi connectivity index (χ3n) is 6.14. The highest BCUT2D eigenvalue weighted by Gasteiger charge is 2.41. The van der Waals surface area contributed by atoms with Crippen molar-refractivity contribution in [3.63, 3.8) is 0 Å². The van der Waals surface area contributed by atoms with E-state index in [-0.39, 0.29) is 25.2 Å². The van der Waals surface area contributed by atoms with E-state index < -0.39 is 0 Å². The molecular weight excluding hydrogens is 407 g/mol. The molecule has 0 aliphatic carbocycles. The van der Waals surface area contributed by atoms with Crippen LogP contribution in [-0.2, 0) is 24.2 Å². The van der Waals surface area contributed by atoms with E-state index in [9.17, 15) is 9.18 Å².